The summed E-state index contributed by atoms with van der Waals surface area (Å²) < 4.78 is 0. The summed E-state index contributed by atoms with van der Waals surface area (Å²) in [6, 6.07) is 20.8. The lowest BCUT2D eigenvalue weighted by atomic mass is 9.67. The standard InChI is InChI=1S/C22H26N2O/c1-24-16-18-12-14-22(24,15-13-18)21(20-10-6-3-7-11-20)23-25-17-19-8-4-2-5-9-19/h2-11,18H,12-17H2,1H3/b23-21+. The molecule has 2 aromatic rings. The molecule has 0 aromatic heterocycles. The van der Waals surface area contributed by atoms with Gasteiger partial charge in [-0.1, -0.05) is 65.8 Å². The minimum Gasteiger partial charge on any atom is -0.391 e. The number of benzene rings is 2. The lowest BCUT2D eigenvalue weighted by molar-refractivity contribution is 0.0277. The maximum Gasteiger partial charge on any atom is 0.142 e. The zero-order valence-corrected chi connectivity index (χ0v) is 14.9. The number of oxime groups is 1. The third-order valence-electron chi connectivity index (χ3n) is 5.91. The van der Waals surface area contributed by atoms with Crippen LogP contribution in [0.4, 0.5) is 0 Å². The molecule has 3 fully saturated rings. The Morgan fingerprint density at radius 2 is 1.68 bits per heavy atom. The molecule has 130 valence electrons. The van der Waals surface area contributed by atoms with Crippen molar-refractivity contribution in [1.29, 1.82) is 0 Å². The van der Waals surface area contributed by atoms with Crippen molar-refractivity contribution in [3.8, 4) is 0 Å². The van der Waals surface area contributed by atoms with Gasteiger partial charge >= 0.3 is 0 Å². The normalized spacial score (nSPS) is 26.6. The Bertz CT molecular complexity index is 718. The van der Waals surface area contributed by atoms with Crippen LogP contribution in [-0.2, 0) is 11.4 Å². The molecular weight excluding hydrogens is 308 g/mol. The van der Waals surface area contributed by atoms with E-state index in [0.717, 1.165) is 17.2 Å². The van der Waals surface area contributed by atoms with Crippen LogP contribution in [0.3, 0.4) is 0 Å². The van der Waals surface area contributed by atoms with E-state index in [4.69, 9.17) is 9.99 Å². The maximum absolute atomic E-state index is 5.84. The van der Waals surface area contributed by atoms with Crippen molar-refractivity contribution in [3.63, 3.8) is 0 Å². The Hall–Kier alpha value is -2.13. The second kappa shape index (κ2) is 7.01. The van der Waals surface area contributed by atoms with Crippen molar-refractivity contribution in [1.82, 2.24) is 4.90 Å². The second-order valence-electron chi connectivity index (χ2n) is 7.42. The highest BCUT2D eigenvalue weighted by Crippen LogP contribution is 2.44. The van der Waals surface area contributed by atoms with Crippen LogP contribution in [0.1, 0.15) is 36.8 Å². The van der Waals surface area contributed by atoms with Crippen LogP contribution < -0.4 is 0 Å². The number of likely N-dealkylation sites (N-methyl/N-ethyl adjacent to an activating group) is 1. The number of fused-ring (bicyclic) bond motifs is 3. The molecule has 25 heavy (non-hydrogen) atoms. The largest absolute Gasteiger partial charge is 0.391 e. The molecule has 1 aliphatic carbocycles. The molecule has 0 unspecified atom stereocenters. The molecular formula is C22H26N2O. The number of hydrogen-bond donors (Lipinski definition) is 0. The smallest absolute Gasteiger partial charge is 0.142 e. The first kappa shape index (κ1) is 16.3. The molecule has 2 heterocycles. The number of nitrogens with zero attached hydrogens (tertiary/aromatic N) is 2. The Morgan fingerprint density at radius 3 is 2.32 bits per heavy atom. The highest BCUT2D eigenvalue weighted by atomic mass is 16.6. The van der Waals surface area contributed by atoms with Crippen LogP contribution in [0.25, 0.3) is 0 Å². The molecule has 2 aliphatic heterocycles. The molecule has 0 N–H and O–H groups in total. The molecule has 0 radical (unpaired) electrons. The highest BCUT2D eigenvalue weighted by Gasteiger charge is 2.48. The fourth-order valence-corrected chi connectivity index (χ4v) is 4.45. The second-order valence-corrected chi connectivity index (χ2v) is 7.42. The van der Waals surface area contributed by atoms with Gasteiger partial charge in [0.25, 0.3) is 0 Å². The molecule has 3 heteroatoms. The van der Waals surface area contributed by atoms with Gasteiger partial charge in [-0.3, -0.25) is 4.90 Å². The van der Waals surface area contributed by atoms with Crippen LogP contribution in [0, 0.1) is 5.92 Å². The SMILES string of the molecule is CN1CC2CCC1(/C(=N/OCc1ccccc1)c1ccccc1)CC2. The molecule has 0 amide bonds. The lowest BCUT2D eigenvalue weighted by Crippen LogP contribution is -2.61. The van der Waals surface area contributed by atoms with Crippen LogP contribution in [0.2, 0.25) is 0 Å². The molecule has 2 aromatic carbocycles. The molecule has 3 aliphatic rings. The Labute approximate surface area is 150 Å². The van der Waals surface area contributed by atoms with Crippen LogP contribution in [0.5, 0.6) is 0 Å². The summed E-state index contributed by atoms with van der Waals surface area (Å²) in [6.07, 6.45) is 4.96. The highest BCUT2D eigenvalue weighted by molar-refractivity contribution is 6.07. The van der Waals surface area contributed by atoms with Gasteiger partial charge in [0.1, 0.15) is 12.3 Å². The summed E-state index contributed by atoms with van der Waals surface area (Å²) >= 11 is 0. The topological polar surface area (TPSA) is 24.8 Å². The molecule has 1 saturated carbocycles. The summed E-state index contributed by atoms with van der Waals surface area (Å²) in [6.45, 7) is 1.68. The van der Waals surface area contributed by atoms with Crippen molar-refractivity contribution in [2.75, 3.05) is 13.6 Å². The van der Waals surface area contributed by atoms with Gasteiger partial charge in [-0.25, -0.2) is 0 Å². The fourth-order valence-electron chi connectivity index (χ4n) is 4.45. The average molecular weight is 334 g/mol. The zero-order valence-electron chi connectivity index (χ0n) is 14.9. The molecule has 2 saturated heterocycles. The lowest BCUT2D eigenvalue weighted by Gasteiger charge is -2.53. The summed E-state index contributed by atoms with van der Waals surface area (Å²) in [5.41, 5.74) is 3.46. The van der Waals surface area contributed by atoms with Gasteiger partial charge in [-0.15, -0.1) is 0 Å². The van der Waals surface area contributed by atoms with Gasteiger partial charge in [0.15, 0.2) is 0 Å². The van der Waals surface area contributed by atoms with Gasteiger partial charge in [0.2, 0.25) is 0 Å². The minimum absolute atomic E-state index is 0.0206. The third-order valence-corrected chi connectivity index (χ3v) is 5.91. The Balaban J connectivity index is 1.64. The van der Waals surface area contributed by atoms with E-state index in [1.165, 1.54) is 37.8 Å². The molecule has 0 atom stereocenters. The van der Waals surface area contributed by atoms with Gasteiger partial charge in [0.05, 0.1) is 5.54 Å². The van der Waals surface area contributed by atoms with E-state index in [0.29, 0.717) is 6.61 Å². The summed E-state index contributed by atoms with van der Waals surface area (Å²) in [5.74, 6) is 0.856. The average Bonchev–Trinajstić information content (AvgIpc) is 2.68. The van der Waals surface area contributed by atoms with E-state index in [9.17, 15) is 0 Å². The Morgan fingerprint density at radius 1 is 1.04 bits per heavy atom. The van der Waals surface area contributed by atoms with Gasteiger partial charge in [-0.05, 0) is 44.2 Å². The number of hydrogen-bond acceptors (Lipinski definition) is 3. The molecule has 3 nitrogen and oxygen atoms in total. The minimum atomic E-state index is 0.0206. The summed E-state index contributed by atoms with van der Waals surface area (Å²) in [5, 5.41) is 4.71. The van der Waals surface area contributed by atoms with E-state index < -0.39 is 0 Å². The summed E-state index contributed by atoms with van der Waals surface area (Å²) in [4.78, 5) is 8.36. The first-order valence-corrected chi connectivity index (χ1v) is 9.29. The first-order chi connectivity index (χ1) is 12.3. The van der Waals surface area contributed by atoms with Crippen molar-refractivity contribution in [2.24, 2.45) is 11.1 Å². The quantitative estimate of drug-likeness (QED) is 0.595. The number of piperidine rings is 2. The monoisotopic (exact) mass is 334 g/mol. The van der Waals surface area contributed by atoms with E-state index in [2.05, 4.69) is 54.4 Å². The molecule has 2 bridgehead atoms. The van der Waals surface area contributed by atoms with Gasteiger partial charge < -0.3 is 4.84 Å². The van der Waals surface area contributed by atoms with E-state index in [-0.39, 0.29) is 5.54 Å². The van der Waals surface area contributed by atoms with Crippen molar-refractivity contribution < 1.29 is 4.84 Å². The van der Waals surface area contributed by atoms with Gasteiger partial charge in [-0.2, -0.15) is 0 Å². The van der Waals surface area contributed by atoms with Crippen LogP contribution >= 0.6 is 0 Å². The van der Waals surface area contributed by atoms with E-state index in [1.54, 1.807) is 0 Å². The predicted molar refractivity (Wildman–Crippen MR) is 102 cm³/mol. The van der Waals surface area contributed by atoms with E-state index >= 15 is 0 Å². The van der Waals surface area contributed by atoms with E-state index in [1.807, 2.05) is 18.2 Å². The first-order valence-electron chi connectivity index (χ1n) is 9.29. The Kier molecular flexibility index (Phi) is 4.58. The zero-order chi connectivity index (χ0) is 17.1. The van der Waals surface area contributed by atoms with Crippen molar-refractivity contribution in [2.45, 2.75) is 37.8 Å². The molecule has 5 rings (SSSR count). The van der Waals surface area contributed by atoms with Crippen LogP contribution in [0.15, 0.2) is 65.8 Å². The fraction of sp³-hybridized carbons (Fsp3) is 0.409. The summed E-state index contributed by atoms with van der Waals surface area (Å²) in [7, 11) is 2.25. The predicted octanol–water partition coefficient (Wildman–Crippen LogP) is 4.48. The number of rotatable bonds is 5. The van der Waals surface area contributed by atoms with Crippen molar-refractivity contribution in [3.05, 3.63) is 71.8 Å². The maximum atomic E-state index is 5.84. The van der Waals surface area contributed by atoms with Crippen LogP contribution in [-0.4, -0.2) is 29.7 Å². The molecule has 0 spiro atoms. The van der Waals surface area contributed by atoms with Gasteiger partial charge in [0, 0.05) is 12.1 Å². The third kappa shape index (κ3) is 3.21. The van der Waals surface area contributed by atoms with Crippen molar-refractivity contribution >= 4 is 5.71 Å².